The molecule has 2 aliphatic rings. The summed E-state index contributed by atoms with van der Waals surface area (Å²) in [4.78, 5) is 37.2. The first kappa shape index (κ1) is 20.1. The van der Waals surface area contributed by atoms with Gasteiger partial charge < -0.3 is 20.3 Å². The zero-order valence-corrected chi connectivity index (χ0v) is 16.4. The fraction of sp³-hybridized carbons (Fsp3) is 0.471. The van der Waals surface area contributed by atoms with Crippen LogP contribution in [0, 0.1) is 5.92 Å². The minimum Gasteiger partial charge on any atom is -0.450 e. The molecule has 0 spiro atoms. The van der Waals surface area contributed by atoms with Crippen molar-refractivity contribution in [3.05, 3.63) is 18.2 Å². The van der Waals surface area contributed by atoms with Crippen molar-refractivity contribution in [3.63, 3.8) is 0 Å². The number of anilines is 2. The standard InChI is InChI=1S/C17H22N4O6S/c1-3-27-17(24)20-6-8-21(9-7-20)28(25,26)12-4-5-13-14(10-12)19-16(23)11(2)15(22)18-13/h4-5,10-11H,3,6-9H2,1-2H3,(H,18,22)(H,19,23). The van der Waals surface area contributed by atoms with E-state index in [1.54, 1.807) is 6.92 Å². The number of ether oxygens (including phenoxy) is 1. The molecular formula is C17H22N4O6S. The zero-order chi connectivity index (χ0) is 20.5. The lowest BCUT2D eigenvalue weighted by Gasteiger charge is -2.33. The minimum absolute atomic E-state index is 0.0000586. The number of nitrogens with zero attached hydrogens (tertiary/aromatic N) is 2. The van der Waals surface area contributed by atoms with Crippen LogP contribution < -0.4 is 10.6 Å². The number of rotatable bonds is 3. The Balaban J connectivity index is 1.79. The first-order valence-electron chi connectivity index (χ1n) is 8.91. The molecule has 11 heteroatoms. The van der Waals surface area contributed by atoms with Crippen molar-refractivity contribution >= 4 is 39.3 Å². The molecule has 3 rings (SSSR count). The number of benzene rings is 1. The molecule has 10 nitrogen and oxygen atoms in total. The molecule has 1 atom stereocenters. The van der Waals surface area contributed by atoms with Gasteiger partial charge in [0.1, 0.15) is 5.92 Å². The third-order valence-corrected chi connectivity index (χ3v) is 6.59. The Morgan fingerprint density at radius 2 is 1.71 bits per heavy atom. The summed E-state index contributed by atoms with van der Waals surface area (Å²) in [7, 11) is -3.82. The number of piperazine rings is 1. The first-order valence-corrected chi connectivity index (χ1v) is 10.4. The fourth-order valence-corrected chi connectivity index (χ4v) is 4.42. The predicted octanol–water partition coefficient (Wildman–Crippen LogP) is 0.676. The van der Waals surface area contributed by atoms with Crippen LogP contribution in [-0.2, 0) is 24.3 Å². The molecule has 1 aromatic carbocycles. The first-order chi connectivity index (χ1) is 13.2. The monoisotopic (exact) mass is 410 g/mol. The van der Waals surface area contributed by atoms with E-state index in [2.05, 4.69) is 10.6 Å². The van der Waals surface area contributed by atoms with Crippen LogP contribution >= 0.6 is 0 Å². The van der Waals surface area contributed by atoms with E-state index in [4.69, 9.17) is 4.74 Å². The summed E-state index contributed by atoms with van der Waals surface area (Å²) in [6, 6.07) is 4.17. The van der Waals surface area contributed by atoms with Crippen LogP contribution in [0.4, 0.5) is 16.2 Å². The third-order valence-electron chi connectivity index (χ3n) is 4.70. The summed E-state index contributed by atoms with van der Waals surface area (Å²) in [5, 5.41) is 5.18. The number of amides is 3. The number of hydrogen-bond donors (Lipinski definition) is 2. The van der Waals surface area contributed by atoms with Gasteiger partial charge >= 0.3 is 6.09 Å². The van der Waals surface area contributed by atoms with Crippen molar-refractivity contribution in [1.82, 2.24) is 9.21 Å². The lowest BCUT2D eigenvalue weighted by atomic mass is 10.1. The molecule has 1 aromatic rings. The minimum atomic E-state index is -3.82. The molecule has 3 amide bonds. The van der Waals surface area contributed by atoms with Crippen molar-refractivity contribution in [2.45, 2.75) is 18.7 Å². The predicted molar refractivity (Wildman–Crippen MR) is 100 cm³/mol. The maximum absolute atomic E-state index is 13.0. The van der Waals surface area contributed by atoms with Gasteiger partial charge in [-0.05, 0) is 32.0 Å². The van der Waals surface area contributed by atoms with Crippen LogP contribution in [0.3, 0.4) is 0 Å². The normalized spacial score (nSPS) is 20.6. The lowest BCUT2D eigenvalue weighted by molar-refractivity contribution is -0.128. The lowest BCUT2D eigenvalue weighted by Crippen LogP contribution is -2.50. The number of sulfonamides is 1. The molecule has 0 bridgehead atoms. The summed E-state index contributed by atoms with van der Waals surface area (Å²) in [5.41, 5.74) is 0.572. The molecule has 1 saturated heterocycles. The van der Waals surface area contributed by atoms with Gasteiger partial charge in [0, 0.05) is 26.2 Å². The van der Waals surface area contributed by atoms with E-state index >= 15 is 0 Å². The van der Waals surface area contributed by atoms with E-state index in [1.165, 1.54) is 34.3 Å². The molecule has 0 saturated carbocycles. The molecule has 28 heavy (non-hydrogen) atoms. The molecule has 1 fully saturated rings. The summed E-state index contributed by atoms with van der Waals surface area (Å²) < 4.78 is 32.1. The summed E-state index contributed by atoms with van der Waals surface area (Å²) in [6.45, 7) is 4.17. The van der Waals surface area contributed by atoms with Crippen LogP contribution in [0.1, 0.15) is 13.8 Å². The number of hydrogen-bond acceptors (Lipinski definition) is 6. The average molecular weight is 410 g/mol. The second-order valence-electron chi connectivity index (χ2n) is 6.50. The fourth-order valence-electron chi connectivity index (χ4n) is 2.97. The van der Waals surface area contributed by atoms with E-state index in [0.717, 1.165) is 0 Å². The Morgan fingerprint density at radius 1 is 1.11 bits per heavy atom. The highest BCUT2D eigenvalue weighted by molar-refractivity contribution is 7.89. The molecule has 0 aromatic heterocycles. The second-order valence-corrected chi connectivity index (χ2v) is 8.44. The largest absolute Gasteiger partial charge is 0.450 e. The van der Waals surface area contributed by atoms with Crippen molar-refractivity contribution in [2.24, 2.45) is 5.92 Å². The van der Waals surface area contributed by atoms with Crippen molar-refractivity contribution < 1.29 is 27.5 Å². The Bertz CT molecular complexity index is 908. The smallest absolute Gasteiger partial charge is 0.409 e. The number of nitrogens with one attached hydrogen (secondary N) is 2. The van der Waals surface area contributed by atoms with Gasteiger partial charge in [-0.1, -0.05) is 0 Å². The topological polar surface area (TPSA) is 125 Å². The summed E-state index contributed by atoms with van der Waals surface area (Å²) in [5.74, 6) is -1.85. The van der Waals surface area contributed by atoms with E-state index < -0.39 is 33.8 Å². The zero-order valence-electron chi connectivity index (χ0n) is 15.6. The molecule has 0 radical (unpaired) electrons. The van der Waals surface area contributed by atoms with Crippen LogP contribution in [0.25, 0.3) is 0 Å². The summed E-state index contributed by atoms with van der Waals surface area (Å²) >= 11 is 0. The Morgan fingerprint density at radius 3 is 2.32 bits per heavy atom. The Kier molecular flexibility index (Phi) is 5.57. The molecule has 2 aliphatic heterocycles. The van der Waals surface area contributed by atoms with Crippen LogP contribution in [0.5, 0.6) is 0 Å². The molecule has 152 valence electrons. The average Bonchev–Trinajstić information content (AvgIpc) is 2.78. The van der Waals surface area contributed by atoms with Crippen molar-refractivity contribution in [2.75, 3.05) is 43.4 Å². The maximum Gasteiger partial charge on any atom is 0.409 e. The number of fused-ring (bicyclic) bond motifs is 1. The Hall–Kier alpha value is -2.66. The molecular weight excluding hydrogens is 388 g/mol. The van der Waals surface area contributed by atoms with E-state index in [1.807, 2.05) is 0 Å². The SMILES string of the molecule is CCOC(=O)N1CCN(S(=O)(=O)c2ccc3c(c2)NC(=O)C(C)C(=O)N3)CC1. The third kappa shape index (κ3) is 3.80. The quantitative estimate of drug-likeness (QED) is 0.706. The van der Waals surface area contributed by atoms with Crippen LogP contribution in [0.15, 0.2) is 23.1 Å². The summed E-state index contributed by atoms with van der Waals surface area (Å²) in [6.07, 6.45) is -0.461. The van der Waals surface area contributed by atoms with Gasteiger partial charge in [0.2, 0.25) is 21.8 Å². The van der Waals surface area contributed by atoms with E-state index in [-0.39, 0.29) is 43.4 Å². The molecule has 2 N–H and O–H groups in total. The van der Waals surface area contributed by atoms with Gasteiger partial charge in [0.25, 0.3) is 0 Å². The highest BCUT2D eigenvalue weighted by Crippen LogP contribution is 2.30. The van der Waals surface area contributed by atoms with E-state index in [9.17, 15) is 22.8 Å². The number of carbonyl (C=O) groups excluding carboxylic acids is 3. The maximum atomic E-state index is 13.0. The van der Waals surface area contributed by atoms with Gasteiger partial charge in [-0.25, -0.2) is 13.2 Å². The van der Waals surface area contributed by atoms with Crippen molar-refractivity contribution in [1.29, 1.82) is 0 Å². The van der Waals surface area contributed by atoms with Gasteiger partial charge in [-0.3, -0.25) is 9.59 Å². The van der Waals surface area contributed by atoms with E-state index in [0.29, 0.717) is 5.69 Å². The Labute approximate surface area is 162 Å². The molecule has 1 unspecified atom stereocenters. The van der Waals surface area contributed by atoms with Crippen LogP contribution in [0.2, 0.25) is 0 Å². The molecule has 2 heterocycles. The highest BCUT2D eigenvalue weighted by atomic mass is 32.2. The number of carbonyl (C=O) groups is 3. The van der Waals surface area contributed by atoms with Crippen molar-refractivity contribution in [3.8, 4) is 0 Å². The molecule has 0 aliphatic carbocycles. The highest BCUT2D eigenvalue weighted by Gasteiger charge is 2.32. The van der Waals surface area contributed by atoms with Gasteiger partial charge in [0.15, 0.2) is 0 Å². The van der Waals surface area contributed by atoms with Gasteiger partial charge in [0.05, 0.1) is 22.9 Å². The van der Waals surface area contributed by atoms with Gasteiger partial charge in [-0.2, -0.15) is 4.31 Å². The van der Waals surface area contributed by atoms with Crippen LogP contribution in [-0.4, -0.2) is 68.3 Å². The van der Waals surface area contributed by atoms with Gasteiger partial charge in [-0.15, -0.1) is 0 Å². The second kappa shape index (κ2) is 7.76.